The number of rotatable bonds is 3. The highest BCUT2D eigenvalue weighted by Gasteiger charge is 2.35. The van der Waals surface area contributed by atoms with Crippen LogP contribution in [0.1, 0.15) is 18.2 Å². The molecule has 3 aromatic rings. The van der Waals surface area contributed by atoms with Gasteiger partial charge in [-0.15, -0.1) is 0 Å². The Morgan fingerprint density at radius 1 is 1.03 bits per heavy atom. The molecular weight excluding hydrogens is 424 g/mol. The summed E-state index contributed by atoms with van der Waals surface area (Å²) < 4.78 is 104. The molecule has 3 rings (SSSR count). The smallest absolute Gasteiger partial charge is 0.326 e. The van der Waals surface area contributed by atoms with Crippen molar-refractivity contribution in [3.63, 3.8) is 0 Å². The summed E-state index contributed by atoms with van der Waals surface area (Å²) in [5, 5.41) is 0. The lowest BCUT2D eigenvalue weighted by molar-refractivity contribution is -0.141. The number of alkyl halides is 6. The van der Waals surface area contributed by atoms with Crippen LogP contribution in [0.4, 0.5) is 26.3 Å². The van der Waals surface area contributed by atoms with Gasteiger partial charge in [-0.3, -0.25) is 0 Å². The zero-order valence-corrected chi connectivity index (χ0v) is 15.7. The average Bonchev–Trinajstić information content (AvgIpc) is 2.96. The molecule has 0 N–H and O–H groups in total. The van der Waals surface area contributed by atoms with Gasteiger partial charge >= 0.3 is 12.4 Å². The molecule has 0 spiro atoms. The minimum Gasteiger partial charge on any atom is -0.326 e. The van der Waals surface area contributed by atoms with E-state index >= 15 is 0 Å². The van der Waals surface area contributed by atoms with Crippen LogP contribution < -0.4 is 0 Å². The number of nitrogens with zero attached hydrogens (tertiary/aromatic N) is 3. The van der Waals surface area contributed by atoms with E-state index in [0.29, 0.717) is 18.2 Å². The van der Waals surface area contributed by atoms with Gasteiger partial charge in [0.2, 0.25) is 0 Å². The van der Waals surface area contributed by atoms with Crippen molar-refractivity contribution in [2.24, 2.45) is 7.05 Å². The van der Waals surface area contributed by atoms with E-state index in [1.165, 1.54) is 18.5 Å². The first-order valence-electron chi connectivity index (χ1n) is 8.09. The van der Waals surface area contributed by atoms with Crippen molar-refractivity contribution in [1.82, 2.24) is 14.5 Å². The third kappa shape index (κ3) is 3.80. The van der Waals surface area contributed by atoms with Crippen LogP contribution in [0.2, 0.25) is 0 Å². The summed E-state index contributed by atoms with van der Waals surface area (Å²) in [6.45, 7) is 1.27. The third-order valence-corrected chi connectivity index (χ3v) is 6.09. The van der Waals surface area contributed by atoms with Crippen molar-refractivity contribution in [3.05, 3.63) is 41.7 Å². The van der Waals surface area contributed by atoms with Crippen LogP contribution in [0.5, 0.6) is 0 Å². The Hall–Kier alpha value is -2.63. The fraction of sp³-hybridized carbons (Fsp3) is 0.294. The van der Waals surface area contributed by atoms with Gasteiger partial charge in [0.1, 0.15) is 11.5 Å². The normalized spacial score (nSPS) is 13.2. The third-order valence-electron chi connectivity index (χ3n) is 4.32. The summed E-state index contributed by atoms with van der Waals surface area (Å²) in [5.74, 6) is -0.563. The molecule has 0 radical (unpaired) electrons. The standard InChI is InChI=1S/C17H13F6N3O2S/c1-3-29(27,28)13-6-9(16(18,19)20)4-5-10(13)15-25-11-7-14(17(21,22)23)24-8-12(11)26(15)2/h4-8H,3H2,1-2H3. The van der Waals surface area contributed by atoms with Crippen LogP contribution in [0, 0.1) is 0 Å². The molecule has 0 aliphatic rings. The van der Waals surface area contributed by atoms with E-state index in [9.17, 15) is 34.8 Å². The summed E-state index contributed by atoms with van der Waals surface area (Å²) in [5.41, 5.74) is -2.46. The summed E-state index contributed by atoms with van der Waals surface area (Å²) in [7, 11) is -2.69. The second-order valence-electron chi connectivity index (χ2n) is 6.16. The van der Waals surface area contributed by atoms with E-state index in [1.807, 2.05) is 0 Å². The second-order valence-corrected chi connectivity index (χ2v) is 8.41. The molecule has 0 saturated carbocycles. The molecule has 0 atom stereocenters. The van der Waals surface area contributed by atoms with E-state index in [1.54, 1.807) is 0 Å². The second kappa shape index (κ2) is 6.71. The van der Waals surface area contributed by atoms with Crippen molar-refractivity contribution in [1.29, 1.82) is 0 Å². The van der Waals surface area contributed by atoms with Crippen LogP contribution in [-0.4, -0.2) is 28.7 Å². The Morgan fingerprint density at radius 2 is 1.69 bits per heavy atom. The summed E-state index contributed by atoms with van der Waals surface area (Å²) in [6, 6.07) is 2.84. The van der Waals surface area contributed by atoms with Crippen LogP contribution in [-0.2, 0) is 29.2 Å². The van der Waals surface area contributed by atoms with E-state index < -0.39 is 44.1 Å². The molecule has 1 aromatic carbocycles. The van der Waals surface area contributed by atoms with Gasteiger partial charge in [0.05, 0.1) is 33.4 Å². The molecule has 0 amide bonds. The zero-order valence-electron chi connectivity index (χ0n) is 14.9. The van der Waals surface area contributed by atoms with Crippen molar-refractivity contribution in [2.45, 2.75) is 24.2 Å². The summed E-state index contributed by atoms with van der Waals surface area (Å²) >= 11 is 0. The maximum atomic E-state index is 13.1. The van der Waals surface area contributed by atoms with E-state index in [2.05, 4.69) is 9.97 Å². The Kier molecular flexibility index (Phi) is 4.88. The molecule has 29 heavy (non-hydrogen) atoms. The topological polar surface area (TPSA) is 64.8 Å². The highest BCUT2D eigenvalue weighted by atomic mass is 32.2. The molecule has 0 aliphatic heterocycles. The van der Waals surface area contributed by atoms with E-state index in [0.717, 1.165) is 12.3 Å². The fourth-order valence-corrected chi connectivity index (χ4v) is 3.89. The van der Waals surface area contributed by atoms with Gasteiger partial charge in [0.25, 0.3) is 0 Å². The maximum Gasteiger partial charge on any atom is 0.433 e. The largest absolute Gasteiger partial charge is 0.433 e. The van der Waals surface area contributed by atoms with Crippen LogP contribution in [0.15, 0.2) is 35.4 Å². The Bertz CT molecular complexity index is 1200. The summed E-state index contributed by atoms with van der Waals surface area (Å²) in [6.07, 6.45) is -8.56. The van der Waals surface area contributed by atoms with Gasteiger partial charge in [0.15, 0.2) is 9.84 Å². The first-order valence-corrected chi connectivity index (χ1v) is 9.75. The van der Waals surface area contributed by atoms with Crippen molar-refractivity contribution in [3.8, 4) is 11.4 Å². The lowest BCUT2D eigenvalue weighted by atomic mass is 10.1. The van der Waals surface area contributed by atoms with Gasteiger partial charge < -0.3 is 4.57 Å². The van der Waals surface area contributed by atoms with Gasteiger partial charge in [-0.25, -0.2) is 18.4 Å². The number of hydrogen-bond donors (Lipinski definition) is 0. The molecule has 156 valence electrons. The lowest BCUT2D eigenvalue weighted by Crippen LogP contribution is -2.11. The lowest BCUT2D eigenvalue weighted by Gasteiger charge is -2.13. The highest BCUT2D eigenvalue weighted by Crippen LogP contribution is 2.37. The minimum atomic E-state index is -4.77. The van der Waals surface area contributed by atoms with Crippen LogP contribution in [0.25, 0.3) is 22.4 Å². The summed E-state index contributed by atoms with van der Waals surface area (Å²) in [4.78, 5) is 6.76. The van der Waals surface area contributed by atoms with Gasteiger partial charge in [0, 0.05) is 12.6 Å². The van der Waals surface area contributed by atoms with E-state index in [-0.39, 0.29) is 22.4 Å². The number of fused-ring (bicyclic) bond motifs is 1. The van der Waals surface area contributed by atoms with Gasteiger partial charge in [-0.1, -0.05) is 6.92 Å². The van der Waals surface area contributed by atoms with Gasteiger partial charge in [-0.05, 0) is 24.3 Å². The van der Waals surface area contributed by atoms with Crippen LogP contribution >= 0.6 is 0 Å². The molecule has 0 aliphatic carbocycles. The Balaban J connectivity index is 2.30. The zero-order chi connectivity index (χ0) is 21.8. The SMILES string of the molecule is CCS(=O)(=O)c1cc(C(F)(F)F)ccc1-c1nc2cc(C(F)(F)F)ncc2n1C. The quantitative estimate of drug-likeness (QED) is 0.568. The highest BCUT2D eigenvalue weighted by molar-refractivity contribution is 7.91. The number of hydrogen-bond acceptors (Lipinski definition) is 4. The van der Waals surface area contributed by atoms with Gasteiger partial charge in [-0.2, -0.15) is 26.3 Å². The first kappa shape index (κ1) is 21.1. The molecule has 0 unspecified atom stereocenters. The molecule has 5 nitrogen and oxygen atoms in total. The molecule has 2 heterocycles. The molecular formula is C17H13F6N3O2S. The number of halogens is 6. The predicted molar refractivity (Wildman–Crippen MR) is 91.7 cm³/mol. The number of pyridine rings is 1. The van der Waals surface area contributed by atoms with Crippen molar-refractivity contribution < 1.29 is 34.8 Å². The molecule has 2 aromatic heterocycles. The maximum absolute atomic E-state index is 13.1. The first-order chi connectivity index (χ1) is 13.3. The fourth-order valence-electron chi connectivity index (χ4n) is 2.78. The van der Waals surface area contributed by atoms with Crippen molar-refractivity contribution >= 4 is 20.9 Å². The average molecular weight is 437 g/mol. The molecule has 0 bridgehead atoms. The number of imidazole rings is 1. The van der Waals surface area contributed by atoms with Crippen molar-refractivity contribution in [2.75, 3.05) is 5.75 Å². The number of sulfone groups is 1. The molecule has 12 heteroatoms. The number of aryl methyl sites for hydroxylation is 1. The minimum absolute atomic E-state index is 0.0955. The van der Waals surface area contributed by atoms with Crippen LogP contribution in [0.3, 0.4) is 0 Å². The number of aromatic nitrogens is 3. The van der Waals surface area contributed by atoms with E-state index in [4.69, 9.17) is 0 Å². The Morgan fingerprint density at radius 3 is 2.24 bits per heavy atom. The Labute approximate surface area is 160 Å². The molecule has 0 fully saturated rings. The number of benzene rings is 1. The predicted octanol–water partition coefficient (Wildman–Crippen LogP) is 4.47. The monoisotopic (exact) mass is 437 g/mol. The molecule has 0 saturated heterocycles.